The molecule has 31 heavy (non-hydrogen) atoms. The Labute approximate surface area is 197 Å². The van der Waals surface area contributed by atoms with E-state index in [0.29, 0.717) is 0 Å². The van der Waals surface area contributed by atoms with Crippen molar-refractivity contribution in [3.8, 4) is 0 Å². The van der Waals surface area contributed by atoms with E-state index >= 15 is 0 Å². The second-order valence-electron chi connectivity index (χ2n) is 8.01. The van der Waals surface area contributed by atoms with E-state index in [2.05, 4.69) is 126 Å². The minimum absolute atomic E-state index is 0.976. The molecule has 2 nitrogen and oxygen atoms in total. The van der Waals surface area contributed by atoms with Gasteiger partial charge in [0.2, 0.25) is 0 Å². The number of rotatable bonds is 4. The molecule has 0 amide bonds. The molecule has 0 bridgehead atoms. The van der Waals surface area contributed by atoms with Gasteiger partial charge in [-0.1, -0.05) is 68.3 Å². The molecule has 0 saturated carbocycles. The van der Waals surface area contributed by atoms with Gasteiger partial charge in [0.25, 0.3) is 0 Å². The van der Waals surface area contributed by atoms with E-state index in [1.165, 1.54) is 43.6 Å². The van der Waals surface area contributed by atoms with Crippen molar-refractivity contribution in [2.75, 3.05) is 0 Å². The number of para-hydroxylation sites is 2. The number of benzene rings is 4. The summed E-state index contributed by atoms with van der Waals surface area (Å²) < 4.78 is 7.18. The van der Waals surface area contributed by atoms with Crippen LogP contribution in [0, 0.1) is 0 Å². The highest BCUT2D eigenvalue weighted by Crippen LogP contribution is 2.34. The van der Waals surface area contributed by atoms with Crippen molar-refractivity contribution in [3.63, 3.8) is 0 Å². The van der Waals surface area contributed by atoms with Crippen LogP contribution in [0.4, 0.5) is 0 Å². The van der Waals surface area contributed by atoms with Crippen molar-refractivity contribution in [2.45, 2.75) is 19.5 Å². The Balaban J connectivity index is 1.41. The predicted octanol–water partition coefficient (Wildman–Crippen LogP) is 8.52. The summed E-state index contributed by atoms with van der Waals surface area (Å²) >= 11 is 7.29. The minimum atomic E-state index is 0.976. The van der Waals surface area contributed by atoms with Crippen LogP contribution < -0.4 is 0 Å². The molecule has 6 aromatic rings. The van der Waals surface area contributed by atoms with Gasteiger partial charge in [-0.25, -0.2) is 0 Å². The van der Waals surface area contributed by atoms with E-state index in [-0.39, 0.29) is 0 Å². The number of aryl methyl sites for hydroxylation is 2. The van der Waals surface area contributed by atoms with Crippen LogP contribution in [0.2, 0.25) is 0 Å². The Morgan fingerprint density at radius 2 is 0.903 bits per heavy atom. The summed E-state index contributed by atoms with van der Waals surface area (Å²) in [5.74, 6) is 0. The highest BCUT2D eigenvalue weighted by molar-refractivity contribution is 9.10. The van der Waals surface area contributed by atoms with E-state index in [1.54, 1.807) is 0 Å². The zero-order valence-corrected chi connectivity index (χ0v) is 20.0. The normalized spacial score (nSPS) is 11.9. The highest BCUT2D eigenvalue weighted by Gasteiger charge is 2.13. The maximum Gasteiger partial charge on any atom is 0.0492 e. The van der Waals surface area contributed by atoms with Crippen LogP contribution in [0.1, 0.15) is 6.42 Å². The zero-order valence-electron chi connectivity index (χ0n) is 16.9. The number of hydrogen-bond acceptors (Lipinski definition) is 0. The molecule has 6 rings (SSSR count). The molecule has 0 unspecified atom stereocenters. The Morgan fingerprint density at radius 3 is 1.39 bits per heavy atom. The van der Waals surface area contributed by atoms with Gasteiger partial charge in [0, 0.05) is 65.6 Å². The molecule has 0 saturated heterocycles. The molecule has 0 N–H and O–H groups in total. The third-order valence-electron chi connectivity index (χ3n) is 6.23. The van der Waals surface area contributed by atoms with Gasteiger partial charge < -0.3 is 9.13 Å². The Bertz CT molecular complexity index is 1480. The molecule has 4 aromatic carbocycles. The standard InChI is InChI=1S/C27H20Br2N2/c28-18-10-12-26-22(16-18)23-17-19(29)11-13-27(23)31(26)15-5-14-30-24-8-3-1-6-20(24)21-7-2-4-9-25(21)30/h1-4,6-13,16-17H,5,14-15H2. The number of fused-ring (bicyclic) bond motifs is 6. The summed E-state index contributed by atoms with van der Waals surface area (Å²) in [5, 5.41) is 5.26. The molecule has 4 heteroatoms. The zero-order chi connectivity index (χ0) is 20.9. The second kappa shape index (κ2) is 7.54. The first-order valence-electron chi connectivity index (χ1n) is 10.5. The van der Waals surface area contributed by atoms with Gasteiger partial charge in [-0.3, -0.25) is 0 Å². The fourth-order valence-corrected chi connectivity index (χ4v) is 5.64. The van der Waals surface area contributed by atoms with Crippen LogP contribution in [0.25, 0.3) is 43.6 Å². The largest absolute Gasteiger partial charge is 0.340 e. The van der Waals surface area contributed by atoms with Crippen LogP contribution in [0.3, 0.4) is 0 Å². The van der Waals surface area contributed by atoms with Gasteiger partial charge in [-0.05, 0) is 55.0 Å². The maximum atomic E-state index is 3.65. The minimum Gasteiger partial charge on any atom is -0.340 e. The lowest BCUT2D eigenvalue weighted by Crippen LogP contribution is -2.04. The summed E-state index contributed by atoms with van der Waals surface area (Å²) in [6, 6.07) is 30.7. The molecule has 0 aliphatic heterocycles. The van der Waals surface area contributed by atoms with Gasteiger partial charge in [0.1, 0.15) is 0 Å². The maximum absolute atomic E-state index is 3.65. The first-order valence-corrected chi connectivity index (χ1v) is 12.1. The summed E-state index contributed by atoms with van der Waals surface area (Å²) in [7, 11) is 0. The average Bonchev–Trinajstić information content (AvgIpc) is 3.27. The van der Waals surface area contributed by atoms with Gasteiger partial charge in [-0.2, -0.15) is 0 Å². The van der Waals surface area contributed by atoms with Crippen molar-refractivity contribution in [1.82, 2.24) is 9.13 Å². The average molecular weight is 532 g/mol. The molecule has 2 aromatic heterocycles. The van der Waals surface area contributed by atoms with Gasteiger partial charge in [0.15, 0.2) is 0 Å². The lowest BCUT2D eigenvalue weighted by atomic mass is 10.2. The second-order valence-corrected chi connectivity index (χ2v) is 9.85. The summed E-state index contributed by atoms with van der Waals surface area (Å²) in [6.45, 7) is 1.96. The van der Waals surface area contributed by atoms with Gasteiger partial charge in [-0.15, -0.1) is 0 Å². The van der Waals surface area contributed by atoms with E-state index in [4.69, 9.17) is 0 Å². The van der Waals surface area contributed by atoms with Crippen molar-refractivity contribution in [2.24, 2.45) is 0 Å². The summed E-state index contributed by atoms with van der Waals surface area (Å²) in [4.78, 5) is 0. The lowest BCUT2D eigenvalue weighted by Gasteiger charge is -2.11. The summed E-state index contributed by atoms with van der Waals surface area (Å²) in [6.07, 6.45) is 1.06. The topological polar surface area (TPSA) is 9.86 Å². The van der Waals surface area contributed by atoms with Crippen LogP contribution in [-0.2, 0) is 13.1 Å². The quantitative estimate of drug-likeness (QED) is 0.216. The first kappa shape index (κ1) is 19.1. The third kappa shape index (κ3) is 3.12. The Hall–Kier alpha value is -2.56. The molecule has 2 heterocycles. The van der Waals surface area contributed by atoms with Gasteiger partial charge >= 0.3 is 0 Å². The number of hydrogen-bond donors (Lipinski definition) is 0. The molecular formula is C27H20Br2N2. The SMILES string of the molecule is Brc1ccc2c(c1)c1cc(Br)ccc1n2CCCn1c2ccccc2c2ccccc21. The highest BCUT2D eigenvalue weighted by atomic mass is 79.9. The van der Waals surface area contributed by atoms with Crippen molar-refractivity contribution in [1.29, 1.82) is 0 Å². The lowest BCUT2D eigenvalue weighted by molar-refractivity contribution is 0.603. The van der Waals surface area contributed by atoms with E-state index in [9.17, 15) is 0 Å². The fraction of sp³-hybridized carbons (Fsp3) is 0.111. The Morgan fingerprint density at radius 1 is 0.484 bits per heavy atom. The number of aromatic nitrogens is 2. The monoisotopic (exact) mass is 530 g/mol. The number of nitrogens with zero attached hydrogens (tertiary/aromatic N) is 2. The van der Waals surface area contributed by atoms with Crippen LogP contribution >= 0.6 is 31.9 Å². The van der Waals surface area contributed by atoms with E-state index in [1.807, 2.05) is 0 Å². The van der Waals surface area contributed by atoms with Crippen molar-refractivity contribution in [3.05, 3.63) is 93.9 Å². The van der Waals surface area contributed by atoms with Gasteiger partial charge in [0.05, 0.1) is 0 Å². The van der Waals surface area contributed by atoms with Crippen molar-refractivity contribution < 1.29 is 0 Å². The molecule has 0 atom stereocenters. The number of halogens is 2. The smallest absolute Gasteiger partial charge is 0.0492 e. The van der Waals surface area contributed by atoms with Crippen LogP contribution in [0.5, 0.6) is 0 Å². The van der Waals surface area contributed by atoms with Crippen molar-refractivity contribution >= 4 is 75.5 Å². The molecule has 152 valence electrons. The predicted molar refractivity (Wildman–Crippen MR) is 139 cm³/mol. The molecule has 0 aliphatic carbocycles. The molecule has 0 aliphatic rings. The van der Waals surface area contributed by atoms with E-state index < -0.39 is 0 Å². The van der Waals surface area contributed by atoms with E-state index in [0.717, 1.165) is 28.5 Å². The van der Waals surface area contributed by atoms with Crippen LogP contribution in [0.15, 0.2) is 93.9 Å². The fourth-order valence-electron chi connectivity index (χ4n) is 4.92. The molecule has 0 spiro atoms. The molecular weight excluding hydrogens is 512 g/mol. The first-order chi connectivity index (χ1) is 15.2. The third-order valence-corrected chi connectivity index (χ3v) is 7.22. The van der Waals surface area contributed by atoms with Crippen LogP contribution in [-0.4, -0.2) is 9.13 Å². The molecule has 0 radical (unpaired) electrons. The Kier molecular flexibility index (Phi) is 4.66. The molecule has 0 fully saturated rings. The summed E-state index contributed by atoms with van der Waals surface area (Å²) in [5.41, 5.74) is 5.22.